The van der Waals surface area contributed by atoms with Crippen molar-refractivity contribution in [3.8, 4) is 0 Å². The van der Waals surface area contributed by atoms with Gasteiger partial charge in [-0.2, -0.15) is 0 Å². The van der Waals surface area contributed by atoms with Gasteiger partial charge in [0, 0.05) is 25.8 Å². The Bertz CT molecular complexity index is 577. The number of halogens is 1. The highest BCUT2D eigenvalue weighted by molar-refractivity contribution is 5.94. The van der Waals surface area contributed by atoms with Crippen molar-refractivity contribution in [3.63, 3.8) is 0 Å². The van der Waals surface area contributed by atoms with Crippen LogP contribution in [-0.4, -0.2) is 40.5 Å². The van der Waals surface area contributed by atoms with Crippen LogP contribution in [0.4, 0.5) is 10.1 Å². The number of carbonyl (C=O) groups is 1. The van der Waals surface area contributed by atoms with E-state index in [0.717, 1.165) is 24.6 Å². The Morgan fingerprint density at radius 3 is 2.55 bits per heavy atom. The summed E-state index contributed by atoms with van der Waals surface area (Å²) in [6, 6.07) is 3.05. The predicted molar refractivity (Wildman–Crippen MR) is 78.0 cm³/mol. The molecule has 0 atom stereocenters. The van der Waals surface area contributed by atoms with Gasteiger partial charge in [-0.15, -0.1) is 0 Å². The Labute approximate surface area is 127 Å². The molecule has 1 saturated heterocycles. The zero-order valence-electron chi connectivity index (χ0n) is 12.4. The summed E-state index contributed by atoms with van der Waals surface area (Å²) in [5, 5.41) is 20.1. The van der Waals surface area contributed by atoms with Crippen molar-refractivity contribution in [3.05, 3.63) is 39.7 Å². The third-order valence-electron chi connectivity index (χ3n) is 4.59. The molecule has 7 heteroatoms. The number of aliphatic hydroxyl groups excluding tert-OH is 1. The third-order valence-corrected chi connectivity index (χ3v) is 4.59. The van der Waals surface area contributed by atoms with Crippen LogP contribution in [0.15, 0.2) is 18.2 Å². The number of aliphatic hydroxyl groups is 1. The Morgan fingerprint density at radius 2 is 2.09 bits per heavy atom. The summed E-state index contributed by atoms with van der Waals surface area (Å²) in [5.74, 6) is -1.34. The highest BCUT2D eigenvalue weighted by Gasteiger charge is 2.34. The Kier molecular flexibility index (Phi) is 4.75. The van der Waals surface area contributed by atoms with Crippen molar-refractivity contribution in [2.45, 2.75) is 26.2 Å². The van der Waals surface area contributed by atoms with E-state index < -0.39 is 16.6 Å². The number of hydrogen-bond acceptors (Lipinski definition) is 4. The minimum atomic E-state index is -0.881. The van der Waals surface area contributed by atoms with Crippen molar-refractivity contribution < 1.29 is 19.2 Å². The maximum absolute atomic E-state index is 13.9. The minimum Gasteiger partial charge on any atom is -0.396 e. The first kappa shape index (κ1) is 16.4. The zero-order chi connectivity index (χ0) is 16.3. The molecular weight excluding hydrogens is 291 g/mol. The summed E-state index contributed by atoms with van der Waals surface area (Å²) >= 11 is 0. The summed E-state index contributed by atoms with van der Waals surface area (Å²) in [6.07, 6.45) is 2.16. The first-order valence-corrected chi connectivity index (χ1v) is 7.26. The summed E-state index contributed by atoms with van der Waals surface area (Å²) in [7, 11) is 0. The Balaban J connectivity index is 2.12. The number of carbonyl (C=O) groups excluding carboxylic acids is 1. The van der Waals surface area contributed by atoms with E-state index in [4.69, 9.17) is 0 Å². The van der Waals surface area contributed by atoms with Crippen molar-refractivity contribution in [1.82, 2.24) is 4.90 Å². The van der Waals surface area contributed by atoms with Gasteiger partial charge in [0.2, 0.25) is 0 Å². The molecule has 22 heavy (non-hydrogen) atoms. The number of piperidine rings is 1. The lowest BCUT2D eigenvalue weighted by atomic mass is 9.77. The molecule has 0 aromatic heterocycles. The summed E-state index contributed by atoms with van der Waals surface area (Å²) in [6.45, 7) is 2.98. The summed E-state index contributed by atoms with van der Waals surface area (Å²) < 4.78 is 13.9. The predicted octanol–water partition coefficient (Wildman–Crippen LogP) is 2.36. The summed E-state index contributed by atoms with van der Waals surface area (Å²) in [4.78, 5) is 23.8. The molecule has 120 valence electrons. The second-order valence-electron chi connectivity index (χ2n) is 5.73. The fourth-order valence-corrected chi connectivity index (χ4v) is 2.77. The van der Waals surface area contributed by atoms with E-state index in [2.05, 4.69) is 0 Å². The monoisotopic (exact) mass is 310 g/mol. The second kappa shape index (κ2) is 6.39. The SMILES string of the molecule is CCC1(CO)CCN(C(=O)c2ccc([N+](=O)[O-])cc2F)CC1. The fraction of sp³-hybridized carbons (Fsp3) is 0.533. The first-order chi connectivity index (χ1) is 10.4. The van der Waals surface area contributed by atoms with Gasteiger partial charge < -0.3 is 10.0 Å². The van der Waals surface area contributed by atoms with Crippen LogP contribution in [0.5, 0.6) is 0 Å². The van der Waals surface area contributed by atoms with E-state index in [1.165, 1.54) is 4.90 Å². The van der Waals surface area contributed by atoms with E-state index in [9.17, 15) is 24.4 Å². The number of amides is 1. The highest BCUT2D eigenvalue weighted by Crippen LogP contribution is 2.34. The van der Waals surface area contributed by atoms with Gasteiger partial charge in [-0.3, -0.25) is 14.9 Å². The lowest BCUT2D eigenvalue weighted by Crippen LogP contribution is -2.44. The fourth-order valence-electron chi connectivity index (χ4n) is 2.77. The van der Waals surface area contributed by atoms with E-state index in [-0.39, 0.29) is 23.3 Å². The molecule has 6 nitrogen and oxygen atoms in total. The quantitative estimate of drug-likeness (QED) is 0.683. The number of nitro benzene ring substituents is 1. The molecule has 0 aliphatic carbocycles. The lowest BCUT2D eigenvalue weighted by molar-refractivity contribution is -0.385. The number of rotatable bonds is 4. The molecule has 1 aliphatic heterocycles. The van der Waals surface area contributed by atoms with Gasteiger partial charge in [0.1, 0.15) is 5.82 Å². The van der Waals surface area contributed by atoms with Crippen molar-refractivity contribution in [2.75, 3.05) is 19.7 Å². The average Bonchev–Trinajstić information content (AvgIpc) is 2.54. The van der Waals surface area contributed by atoms with Crippen LogP contribution in [0.25, 0.3) is 0 Å². The van der Waals surface area contributed by atoms with Gasteiger partial charge in [-0.1, -0.05) is 6.92 Å². The molecule has 0 bridgehead atoms. The molecular formula is C15H19FN2O4. The Hall–Kier alpha value is -2.02. The first-order valence-electron chi connectivity index (χ1n) is 7.26. The van der Waals surface area contributed by atoms with E-state index >= 15 is 0 Å². The van der Waals surface area contributed by atoms with Crippen LogP contribution in [-0.2, 0) is 0 Å². The Morgan fingerprint density at radius 1 is 1.45 bits per heavy atom. The molecule has 1 N–H and O–H groups in total. The van der Waals surface area contributed by atoms with E-state index in [1.807, 2.05) is 6.92 Å². The van der Waals surface area contributed by atoms with Crippen LogP contribution < -0.4 is 0 Å². The minimum absolute atomic E-state index is 0.0808. The van der Waals surface area contributed by atoms with Gasteiger partial charge in [0.05, 0.1) is 16.6 Å². The number of benzene rings is 1. The van der Waals surface area contributed by atoms with Gasteiger partial charge in [-0.05, 0) is 30.7 Å². The van der Waals surface area contributed by atoms with Crippen LogP contribution in [0, 0.1) is 21.3 Å². The number of nitro groups is 1. The lowest BCUT2D eigenvalue weighted by Gasteiger charge is -2.40. The largest absolute Gasteiger partial charge is 0.396 e. The number of nitrogens with zero attached hydrogens (tertiary/aromatic N) is 2. The van der Waals surface area contributed by atoms with Crippen LogP contribution in [0.3, 0.4) is 0 Å². The topological polar surface area (TPSA) is 83.7 Å². The van der Waals surface area contributed by atoms with Gasteiger partial charge in [0.25, 0.3) is 11.6 Å². The van der Waals surface area contributed by atoms with E-state index in [0.29, 0.717) is 25.9 Å². The van der Waals surface area contributed by atoms with Gasteiger partial charge >= 0.3 is 0 Å². The number of hydrogen-bond donors (Lipinski definition) is 1. The second-order valence-corrected chi connectivity index (χ2v) is 5.73. The van der Waals surface area contributed by atoms with Crippen molar-refractivity contribution >= 4 is 11.6 Å². The molecule has 1 aromatic rings. The molecule has 2 rings (SSSR count). The van der Waals surface area contributed by atoms with Crippen LogP contribution >= 0.6 is 0 Å². The molecule has 1 aliphatic rings. The molecule has 1 fully saturated rings. The smallest absolute Gasteiger partial charge is 0.272 e. The molecule has 1 heterocycles. The average molecular weight is 310 g/mol. The molecule has 0 unspecified atom stereocenters. The van der Waals surface area contributed by atoms with Crippen LogP contribution in [0.2, 0.25) is 0 Å². The van der Waals surface area contributed by atoms with Crippen LogP contribution in [0.1, 0.15) is 36.5 Å². The maximum Gasteiger partial charge on any atom is 0.272 e. The molecule has 0 spiro atoms. The van der Waals surface area contributed by atoms with Gasteiger partial charge in [0.15, 0.2) is 0 Å². The summed E-state index contributed by atoms with van der Waals surface area (Å²) in [5.41, 5.74) is -0.693. The molecule has 1 aromatic carbocycles. The third kappa shape index (κ3) is 3.09. The standard InChI is InChI=1S/C15H19FN2O4/c1-2-15(10-19)5-7-17(8-6-15)14(20)12-4-3-11(18(21)22)9-13(12)16/h3-4,9,19H,2,5-8,10H2,1H3. The molecule has 0 saturated carbocycles. The number of likely N-dealkylation sites (tertiary alicyclic amines) is 1. The number of non-ortho nitro benzene ring substituents is 1. The van der Waals surface area contributed by atoms with Crippen molar-refractivity contribution in [1.29, 1.82) is 0 Å². The molecule has 1 amide bonds. The normalized spacial score (nSPS) is 17.3. The van der Waals surface area contributed by atoms with E-state index in [1.54, 1.807) is 0 Å². The van der Waals surface area contributed by atoms with Crippen molar-refractivity contribution in [2.24, 2.45) is 5.41 Å². The van der Waals surface area contributed by atoms with Gasteiger partial charge in [-0.25, -0.2) is 4.39 Å². The highest BCUT2D eigenvalue weighted by atomic mass is 19.1. The maximum atomic E-state index is 13.9. The zero-order valence-corrected chi connectivity index (χ0v) is 12.4. The molecule has 0 radical (unpaired) electrons.